The molecule has 3 aromatic rings. The lowest BCUT2D eigenvalue weighted by Crippen LogP contribution is -2.25. The summed E-state index contributed by atoms with van der Waals surface area (Å²) in [5.74, 6) is 0.438. The Balaban J connectivity index is 1.70. The molecule has 7 heteroatoms. The van der Waals surface area contributed by atoms with Gasteiger partial charge in [-0.25, -0.2) is 9.10 Å². The van der Waals surface area contributed by atoms with Crippen molar-refractivity contribution in [3.8, 4) is 16.9 Å². The third-order valence-corrected chi connectivity index (χ3v) is 5.90. The zero-order valence-corrected chi connectivity index (χ0v) is 20.8. The monoisotopic (exact) mass is 480 g/mol. The number of carbonyl (C=O) groups is 1. The smallest absolute Gasteiger partial charge is 0.338 e. The van der Waals surface area contributed by atoms with Gasteiger partial charge in [0.15, 0.2) is 0 Å². The predicted molar refractivity (Wildman–Crippen MR) is 133 cm³/mol. The summed E-state index contributed by atoms with van der Waals surface area (Å²) in [5.41, 5.74) is 5.35. The van der Waals surface area contributed by atoms with Crippen LogP contribution in [0.2, 0.25) is 0 Å². The number of hydrogen-bond acceptors (Lipinski definition) is 5. The lowest BCUT2D eigenvalue weighted by Gasteiger charge is -2.25. The molecule has 0 spiro atoms. The van der Waals surface area contributed by atoms with Crippen LogP contribution in [0.4, 0.5) is 0 Å². The van der Waals surface area contributed by atoms with E-state index in [1.165, 1.54) is 4.31 Å². The summed E-state index contributed by atoms with van der Waals surface area (Å²) in [7, 11) is 0. The summed E-state index contributed by atoms with van der Waals surface area (Å²) >= 11 is -2.40. The Morgan fingerprint density at radius 1 is 0.971 bits per heavy atom. The number of carbonyl (C=O) groups excluding carboxylic acids is 1. The lowest BCUT2D eigenvalue weighted by molar-refractivity contribution is 0.0526. The molecular weight excluding hydrogens is 450 g/mol. The maximum Gasteiger partial charge on any atom is 0.338 e. The molecule has 180 valence electrons. The first kappa shape index (κ1) is 25.6. The Morgan fingerprint density at radius 3 is 2.15 bits per heavy atom. The maximum atomic E-state index is 11.9. The van der Waals surface area contributed by atoms with Crippen LogP contribution in [-0.2, 0) is 29.1 Å². The summed E-state index contributed by atoms with van der Waals surface area (Å²) in [6.45, 7) is 8.51. The molecule has 0 aromatic heterocycles. The average molecular weight is 481 g/mol. The van der Waals surface area contributed by atoms with Gasteiger partial charge in [-0.2, -0.15) is 0 Å². The van der Waals surface area contributed by atoms with Gasteiger partial charge in [-0.15, -0.1) is 0 Å². The third-order valence-electron chi connectivity index (χ3n) is 5.22. The zero-order valence-electron chi connectivity index (χ0n) is 19.9. The zero-order chi connectivity index (χ0) is 24.7. The highest BCUT2D eigenvalue weighted by Crippen LogP contribution is 2.27. The minimum absolute atomic E-state index is 0.122. The quantitative estimate of drug-likeness (QED) is 0.286. The van der Waals surface area contributed by atoms with Gasteiger partial charge in [0.25, 0.3) is 0 Å². The topological polar surface area (TPSA) is 78.9 Å². The van der Waals surface area contributed by atoms with E-state index in [0.717, 1.165) is 33.6 Å². The van der Waals surface area contributed by atoms with Crippen LogP contribution in [0, 0.1) is 6.92 Å². The Hall–Kier alpha value is -3.00. The molecule has 0 heterocycles. The molecule has 0 fully saturated rings. The molecule has 3 rings (SSSR count). The van der Waals surface area contributed by atoms with Gasteiger partial charge >= 0.3 is 5.97 Å². The normalized spacial score (nSPS) is 12.1. The van der Waals surface area contributed by atoms with Crippen LogP contribution in [0.5, 0.6) is 5.75 Å². The third kappa shape index (κ3) is 7.00. The maximum absolute atomic E-state index is 11.9. The number of nitrogens with zero attached hydrogens (tertiary/aromatic N) is 1. The van der Waals surface area contributed by atoms with E-state index in [4.69, 9.17) is 9.47 Å². The van der Waals surface area contributed by atoms with Gasteiger partial charge in [-0.1, -0.05) is 42.5 Å². The average Bonchev–Trinajstić information content (AvgIpc) is 2.79. The molecule has 1 atom stereocenters. The van der Waals surface area contributed by atoms with E-state index >= 15 is 0 Å². The van der Waals surface area contributed by atoms with Gasteiger partial charge in [-0.05, 0) is 79.8 Å². The van der Waals surface area contributed by atoms with Crippen LogP contribution >= 0.6 is 0 Å². The molecular formula is C27H30NO5S-. The van der Waals surface area contributed by atoms with Crippen molar-refractivity contribution in [3.63, 3.8) is 0 Å². The molecule has 0 amide bonds. The van der Waals surface area contributed by atoms with Crippen LogP contribution in [0.3, 0.4) is 0 Å². The fourth-order valence-corrected chi connectivity index (χ4v) is 4.17. The molecule has 0 aliphatic heterocycles. The molecule has 0 aliphatic rings. The molecule has 0 saturated heterocycles. The first-order chi connectivity index (χ1) is 16.3. The molecule has 6 nitrogen and oxygen atoms in total. The second kappa shape index (κ2) is 11.9. The largest absolute Gasteiger partial charge is 0.760 e. The number of ether oxygens (including phenoxy) is 2. The van der Waals surface area contributed by atoms with E-state index in [2.05, 4.69) is 0 Å². The van der Waals surface area contributed by atoms with Gasteiger partial charge in [0, 0.05) is 24.4 Å². The van der Waals surface area contributed by atoms with E-state index in [-0.39, 0.29) is 19.2 Å². The fourth-order valence-electron chi connectivity index (χ4n) is 3.66. The first-order valence-corrected chi connectivity index (χ1v) is 12.3. The predicted octanol–water partition coefficient (Wildman–Crippen LogP) is 5.42. The van der Waals surface area contributed by atoms with Crippen molar-refractivity contribution >= 4 is 17.2 Å². The summed E-state index contributed by atoms with van der Waals surface area (Å²) in [4.78, 5) is 11.8. The van der Waals surface area contributed by atoms with Crippen LogP contribution in [0.15, 0.2) is 66.7 Å². The second-order valence-corrected chi connectivity index (χ2v) is 9.22. The number of rotatable bonds is 10. The summed E-state index contributed by atoms with van der Waals surface area (Å²) < 4.78 is 35.8. The Morgan fingerprint density at radius 2 is 1.59 bits per heavy atom. The number of esters is 1. The Kier molecular flexibility index (Phi) is 8.98. The standard InChI is InChI=1S/C27H31NO5S/c1-5-32-27(29)24-9-6-21(7-10-24)17-28(34(30)31)18-22-8-15-26(20(4)16-22)23-11-13-25(14-12-23)33-19(2)3/h6-16,19H,5,17-18H2,1-4H3,(H,30,31)/p-1. The van der Waals surface area contributed by atoms with Crippen LogP contribution in [-0.4, -0.2) is 31.7 Å². The van der Waals surface area contributed by atoms with Crippen LogP contribution in [0.25, 0.3) is 11.1 Å². The van der Waals surface area contributed by atoms with Gasteiger partial charge in [0.1, 0.15) is 5.75 Å². The summed E-state index contributed by atoms with van der Waals surface area (Å²) in [6, 6.07) is 20.7. The van der Waals surface area contributed by atoms with E-state index in [1.54, 1.807) is 31.2 Å². The van der Waals surface area contributed by atoms with Gasteiger partial charge < -0.3 is 14.0 Å². The Labute approximate surface area is 203 Å². The lowest BCUT2D eigenvalue weighted by atomic mass is 9.98. The molecule has 0 radical (unpaired) electrons. The van der Waals surface area contributed by atoms with Crippen molar-refractivity contribution in [2.24, 2.45) is 0 Å². The van der Waals surface area contributed by atoms with Crippen LogP contribution in [0.1, 0.15) is 47.8 Å². The molecule has 1 unspecified atom stereocenters. The molecule has 34 heavy (non-hydrogen) atoms. The first-order valence-electron chi connectivity index (χ1n) is 11.2. The highest BCUT2D eigenvalue weighted by molar-refractivity contribution is 7.76. The molecule has 0 N–H and O–H groups in total. The number of hydrogen-bond donors (Lipinski definition) is 0. The fraction of sp³-hybridized carbons (Fsp3) is 0.296. The van der Waals surface area contributed by atoms with E-state index in [1.807, 2.05) is 63.2 Å². The van der Waals surface area contributed by atoms with E-state index in [9.17, 15) is 13.6 Å². The minimum atomic E-state index is -2.40. The van der Waals surface area contributed by atoms with Gasteiger partial charge in [0.05, 0.1) is 18.3 Å². The molecule has 0 aliphatic carbocycles. The molecule has 0 bridgehead atoms. The van der Waals surface area contributed by atoms with Crippen LogP contribution < -0.4 is 4.74 Å². The summed E-state index contributed by atoms with van der Waals surface area (Å²) in [5, 5.41) is 0. The highest BCUT2D eigenvalue weighted by Gasteiger charge is 2.12. The van der Waals surface area contributed by atoms with E-state index in [0.29, 0.717) is 12.2 Å². The highest BCUT2D eigenvalue weighted by atomic mass is 32.2. The second-order valence-electron chi connectivity index (χ2n) is 8.27. The van der Waals surface area contributed by atoms with Crippen molar-refractivity contribution in [1.82, 2.24) is 4.31 Å². The Bertz CT molecular complexity index is 1130. The van der Waals surface area contributed by atoms with Crippen molar-refractivity contribution < 1.29 is 23.0 Å². The van der Waals surface area contributed by atoms with Crippen molar-refractivity contribution in [2.45, 2.75) is 46.9 Å². The van der Waals surface area contributed by atoms with Gasteiger partial charge in [-0.3, -0.25) is 4.21 Å². The minimum Gasteiger partial charge on any atom is -0.760 e. The van der Waals surface area contributed by atoms with Gasteiger partial charge in [0.2, 0.25) is 0 Å². The SMILES string of the molecule is CCOC(=O)c1ccc(CN(Cc2ccc(-c3ccc(OC(C)C)cc3)c(C)c2)S(=O)[O-])cc1. The number of benzene rings is 3. The number of aryl methyl sites for hydroxylation is 1. The summed E-state index contributed by atoms with van der Waals surface area (Å²) in [6.07, 6.45) is 0.122. The molecule has 3 aromatic carbocycles. The van der Waals surface area contributed by atoms with Crippen molar-refractivity contribution in [2.75, 3.05) is 6.61 Å². The van der Waals surface area contributed by atoms with E-state index < -0.39 is 17.2 Å². The molecule has 0 saturated carbocycles. The van der Waals surface area contributed by atoms with Crippen molar-refractivity contribution in [3.05, 3.63) is 89.0 Å². The van der Waals surface area contributed by atoms with Crippen molar-refractivity contribution in [1.29, 1.82) is 0 Å².